The number of aliphatic hydroxyl groups is 1. The van der Waals surface area contributed by atoms with Crippen molar-refractivity contribution < 1.29 is 18.7 Å². The van der Waals surface area contributed by atoms with Gasteiger partial charge in [-0.05, 0) is 53.6 Å². The van der Waals surface area contributed by atoms with E-state index in [9.17, 15) is 18.7 Å². The molecule has 0 aliphatic heterocycles. The van der Waals surface area contributed by atoms with E-state index < -0.39 is 23.8 Å². The number of hydrogen-bond acceptors (Lipinski definition) is 3. The van der Waals surface area contributed by atoms with Crippen molar-refractivity contribution in [3.8, 4) is 0 Å². The summed E-state index contributed by atoms with van der Waals surface area (Å²) in [7, 11) is 0. The molecule has 3 aromatic rings. The number of hydrogen-bond donors (Lipinski definition) is 3. The van der Waals surface area contributed by atoms with Crippen LogP contribution in [0.4, 0.5) is 8.78 Å². The Morgan fingerprint density at radius 2 is 1.56 bits per heavy atom. The van der Waals surface area contributed by atoms with Gasteiger partial charge in [0.05, 0.1) is 12.1 Å². The van der Waals surface area contributed by atoms with Crippen molar-refractivity contribution in [2.45, 2.75) is 51.3 Å². The fraction of sp³-hybridized carbons (Fsp3) is 0.321. The van der Waals surface area contributed by atoms with Gasteiger partial charge in [0.2, 0.25) is 5.91 Å². The maximum atomic E-state index is 13.7. The molecule has 3 rings (SSSR count). The molecule has 3 N–H and O–H groups in total. The SMILES string of the molecule is CCc1cccc(CNCC(O)C(Cc2cc(F)cc(F)c2)NC(=O)CCc2ccccc2)c1. The Morgan fingerprint density at radius 3 is 2.26 bits per heavy atom. The highest BCUT2D eigenvalue weighted by Gasteiger charge is 2.22. The molecule has 0 saturated carbocycles. The molecule has 6 heteroatoms. The zero-order valence-electron chi connectivity index (χ0n) is 19.4. The zero-order chi connectivity index (χ0) is 24.3. The van der Waals surface area contributed by atoms with Gasteiger partial charge in [-0.2, -0.15) is 0 Å². The predicted molar refractivity (Wildman–Crippen MR) is 130 cm³/mol. The standard InChI is InChI=1S/C28H32F2N2O2/c1-2-20-9-6-10-22(13-20)18-31-19-27(33)26(16-23-14-24(29)17-25(30)15-23)32-28(34)12-11-21-7-4-3-5-8-21/h3-10,13-15,17,26-27,31,33H,2,11-12,16,18-19H2,1H3,(H,32,34). The van der Waals surface area contributed by atoms with Crippen LogP contribution in [0.25, 0.3) is 0 Å². The monoisotopic (exact) mass is 466 g/mol. The summed E-state index contributed by atoms with van der Waals surface area (Å²) in [4.78, 5) is 12.6. The van der Waals surface area contributed by atoms with Crippen molar-refractivity contribution in [3.05, 3.63) is 107 Å². The fourth-order valence-corrected chi connectivity index (χ4v) is 3.91. The van der Waals surface area contributed by atoms with E-state index in [0.717, 1.165) is 23.6 Å². The van der Waals surface area contributed by atoms with Gasteiger partial charge >= 0.3 is 0 Å². The lowest BCUT2D eigenvalue weighted by Gasteiger charge is -2.25. The number of nitrogens with one attached hydrogen (secondary N) is 2. The van der Waals surface area contributed by atoms with Gasteiger partial charge in [0.15, 0.2) is 0 Å². The van der Waals surface area contributed by atoms with Gasteiger partial charge in [0, 0.05) is 25.6 Å². The van der Waals surface area contributed by atoms with Crippen molar-refractivity contribution in [2.24, 2.45) is 0 Å². The molecule has 180 valence electrons. The van der Waals surface area contributed by atoms with Crippen LogP contribution in [-0.2, 0) is 30.6 Å². The van der Waals surface area contributed by atoms with E-state index in [0.29, 0.717) is 18.5 Å². The lowest BCUT2D eigenvalue weighted by atomic mass is 10.00. The second-order valence-electron chi connectivity index (χ2n) is 8.51. The highest BCUT2D eigenvalue weighted by atomic mass is 19.1. The first-order valence-corrected chi connectivity index (χ1v) is 11.7. The molecule has 2 atom stereocenters. The Morgan fingerprint density at radius 1 is 0.882 bits per heavy atom. The minimum Gasteiger partial charge on any atom is -0.390 e. The molecule has 0 bridgehead atoms. The van der Waals surface area contributed by atoms with E-state index in [1.807, 2.05) is 42.5 Å². The molecule has 0 aromatic heterocycles. The first-order chi connectivity index (χ1) is 16.4. The van der Waals surface area contributed by atoms with Crippen LogP contribution in [0.2, 0.25) is 0 Å². The molecule has 0 heterocycles. The second-order valence-corrected chi connectivity index (χ2v) is 8.51. The minimum absolute atomic E-state index is 0.111. The van der Waals surface area contributed by atoms with Gasteiger partial charge < -0.3 is 15.7 Å². The number of carbonyl (C=O) groups excluding carboxylic acids is 1. The summed E-state index contributed by atoms with van der Waals surface area (Å²) in [6.07, 6.45) is 0.928. The Labute approximate surface area is 200 Å². The smallest absolute Gasteiger partial charge is 0.220 e. The average Bonchev–Trinajstić information content (AvgIpc) is 2.82. The molecular formula is C28H32F2N2O2. The van der Waals surface area contributed by atoms with Gasteiger partial charge in [-0.25, -0.2) is 8.78 Å². The molecule has 0 aliphatic carbocycles. The predicted octanol–water partition coefficient (Wildman–Crippen LogP) is 4.34. The van der Waals surface area contributed by atoms with E-state index in [1.165, 1.54) is 17.7 Å². The van der Waals surface area contributed by atoms with Crippen LogP contribution >= 0.6 is 0 Å². The first-order valence-electron chi connectivity index (χ1n) is 11.7. The van der Waals surface area contributed by atoms with Crippen molar-refractivity contribution in [3.63, 3.8) is 0 Å². The highest BCUT2D eigenvalue weighted by molar-refractivity contribution is 5.76. The molecule has 3 aromatic carbocycles. The van der Waals surface area contributed by atoms with Crippen LogP contribution in [0.15, 0.2) is 72.8 Å². The molecule has 4 nitrogen and oxygen atoms in total. The van der Waals surface area contributed by atoms with E-state index in [4.69, 9.17) is 0 Å². The number of aryl methyl sites for hydroxylation is 2. The van der Waals surface area contributed by atoms with Crippen LogP contribution in [0.5, 0.6) is 0 Å². The molecule has 0 radical (unpaired) electrons. The molecule has 0 fully saturated rings. The zero-order valence-corrected chi connectivity index (χ0v) is 19.4. The molecule has 34 heavy (non-hydrogen) atoms. The van der Waals surface area contributed by atoms with Gasteiger partial charge in [-0.15, -0.1) is 0 Å². The third kappa shape index (κ3) is 8.36. The third-order valence-electron chi connectivity index (χ3n) is 5.75. The van der Waals surface area contributed by atoms with E-state index >= 15 is 0 Å². The number of rotatable bonds is 12. The van der Waals surface area contributed by atoms with E-state index in [1.54, 1.807) is 0 Å². The summed E-state index contributed by atoms with van der Waals surface area (Å²) in [5.41, 5.74) is 3.75. The molecule has 1 amide bonds. The summed E-state index contributed by atoms with van der Waals surface area (Å²) in [6, 6.07) is 20.4. The maximum Gasteiger partial charge on any atom is 0.220 e. The summed E-state index contributed by atoms with van der Waals surface area (Å²) in [5.74, 6) is -1.60. The van der Waals surface area contributed by atoms with Crippen molar-refractivity contribution in [1.82, 2.24) is 10.6 Å². The van der Waals surface area contributed by atoms with E-state index in [-0.39, 0.29) is 25.3 Å². The Kier molecular flexibility index (Phi) is 9.74. The Hall–Kier alpha value is -3.09. The number of amides is 1. The fourth-order valence-electron chi connectivity index (χ4n) is 3.91. The topological polar surface area (TPSA) is 61.4 Å². The quantitative estimate of drug-likeness (QED) is 0.372. The molecule has 0 saturated heterocycles. The normalized spacial score (nSPS) is 12.8. The molecular weight excluding hydrogens is 434 g/mol. The summed E-state index contributed by atoms with van der Waals surface area (Å²) in [5, 5.41) is 16.9. The van der Waals surface area contributed by atoms with Crippen LogP contribution in [0.3, 0.4) is 0 Å². The molecule has 0 aliphatic rings. The number of benzene rings is 3. The van der Waals surface area contributed by atoms with E-state index in [2.05, 4.69) is 29.7 Å². The average molecular weight is 467 g/mol. The second kappa shape index (κ2) is 13.0. The van der Waals surface area contributed by atoms with Crippen LogP contribution < -0.4 is 10.6 Å². The summed E-state index contributed by atoms with van der Waals surface area (Å²) < 4.78 is 27.4. The van der Waals surface area contributed by atoms with Crippen molar-refractivity contribution in [1.29, 1.82) is 0 Å². The highest BCUT2D eigenvalue weighted by Crippen LogP contribution is 2.13. The number of halogens is 2. The lowest BCUT2D eigenvalue weighted by Crippen LogP contribution is -2.48. The van der Waals surface area contributed by atoms with Crippen molar-refractivity contribution in [2.75, 3.05) is 6.54 Å². The van der Waals surface area contributed by atoms with Gasteiger partial charge in [-0.3, -0.25) is 4.79 Å². The van der Waals surface area contributed by atoms with Gasteiger partial charge in [-0.1, -0.05) is 61.5 Å². The lowest BCUT2D eigenvalue weighted by molar-refractivity contribution is -0.122. The maximum absolute atomic E-state index is 13.7. The summed E-state index contributed by atoms with van der Waals surface area (Å²) >= 11 is 0. The van der Waals surface area contributed by atoms with Crippen LogP contribution in [0, 0.1) is 11.6 Å². The first kappa shape index (κ1) is 25.5. The number of aliphatic hydroxyl groups excluding tert-OH is 1. The van der Waals surface area contributed by atoms with Gasteiger partial charge in [0.1, 0.15) is 11.6 Å². The Bertz CT molecular complexity index is 1040. The third-order valence-corrected chi connectivity index (χ3v) is 5.75. The van der Waals surface area contributed by atoms with Crippen molar-refractivity contribution >= 4 is 5.91 Å². The number of carbonyl (C=O) groups is 1. The largest absolute Gasteiger partial charge is 0.390 e. The molecule has 0 spiro atoms. The molecule has 2 unspecified atom stereocenters. The van der Waals surface area contributed by atoms with Crippen LogP contribution in [-0.4, -0.2) is 29.7 Å². The summed E-state index contributed by atoms with van der Waals surface area (Å²) in [6.45, 7) is 2.88. The Balaban J connectivity index is 1.62. The van der Waals surface area contributed by atoms with Gasteiger partial charge in [0.25, 0.3) is 0 Å². The minimum atomic E-state index is -0.943. The van der Waals surface area contributed by atoms with Crippen LogP contribution in [0.1, 0.15) is 35.6 Å².